The Morgan fingerprint density at radius 3 is 2.65 bits per heavy atom. The summed E-state index contributed by atoms with van der Waals surface area (Å²) in [6, 6.07) is 4.35. The van der Waals surface area contributed by atoms with E-state index in [1.54, 1.807) is 20.8 Å². The largest absolute Gasteiger partial charge is 0.444 e. The Bertz CT molecular complexity index is 499. The molecule has 0 bridgehead atoms. The van der Waals surface area contributed by atoms with Crippen LogP contribution in [0.5, 0.6) is 0 Å². The van der Waals surface area contributed by atoms with E-state index in [4.69, 9.17) is 4.74 Å². The molecule has 1 atom stereocenters. The first-order chi connectivity index (χ1) is 9.17. The number of nitro groups is 1. The van der Waals surface area contributed by atoms with Crippen LogP contribution < -0.4 is 5.32 Å². The topological polar surface area (TPSA) is 81.5 Å². The zero-order chi connectivity index (χ0) is 15.3. The molecular formula is C13H17FN2O4. The summed E-state index contributed by atoms with van der Waals surface area (Å²) >= 11 is 0. The minimum absolute atomic E-state index is 0.313. The van der Waals surface area contributed by atoms with Gasteiger partial charge in [-0.25, -0.2) is 9.18 Å². The molecule has 1 aromatic carbocycles. The van der Waals surface area contributed by atoms with Gasteiger partial charge < -0.3 is 10.1 Å². The SMILES string of the molecule is CC(C)(C)OC(=O)NC(C[N+](=O)[O-])c1cccc(F)c1. The summed E-state index contributed by atoms with van der Waals surface area (Å²) in [5.41, 5.74) is -0.405. The number of ether oxygens (including phenoxy) is 1. The standard InChI is InChI=1S/C13H17FN2O4/c1-13(2,3)20-12(17)15-11(8-16(18)19)9-5-4-6-10(14)7-9/h4-7,11H,8H2,1-3H3,(H,15,17). The molecule has 0 spiro atoms. The Morgan fingerprint density at radius 1 is 1.50 bits per heavy atom. The molecule has 1 rings (SSSR count). The molecule has 0 fully saturated rings. The third-order valence-corrected chi connectivity index (χ3v) is 2.27. The monoisotopic (exact) mass is 284 g/mol. The van der Waals surface area contributed by atoms with Gasteiger partial charge in [-0.3, -0.25) is 10.1 Å². The third kappa shape index (κ3) is 5.64. The van der Waals surface area contributed by atoms with Gasteiger partial charge in [-0.2, -0.15) is 0 Å². The van der Waals surface area contributed by atoms with E-state index < -0.39 is 35.0 Å². The smallest absolute Gasteiger partial charge is 0.408 e. The van der Waals surface area contributed by atoms with Gasteiger partial charge >= 0.3 is 6.09 Å². The molecule has 1 N–H and O–H groups in total. The maximum absolute atomic E-state index is 13.2. The molecule has 0 heterocycles. The van der Waals surface area contributed by atoms with Gasteiger partial charge in [0.2, 0.25) is 6.54 Å². The van der Waals surface area contributed by atoms with Gasteiger partial charge in [-0.1, -0.05) is 12.1 Å². The Hall–Kier alpha value is -2.18. The molecule has 6 nitrogen and oxygen atoms in total. The molecular weight excluding hydrogens is 267 g/mol. The van der Waals surface area contributed by atoms with Gasteiger partial charge in [-0.05, 0) is 38.5 Å². The van der Waals surface area contributed by atoms with Gasteiger partial charge in [0.05, 0.1) is 0 Å². The van der Waals surface area contributed by atoms with E-state index in [0.717, 1.165) is 6.07 Å². The Kier molecular flexibility index (Phi) is 5.01. The molecule has 0 saturated carbocycles. The summed E-state index contributed by atoms with van der Waals surface area (Å²) in [6.45, 7) is 4.48. The molecule has 0 aromatic heterocycles. The van der Waals surface area contributed by atoms with Gasteiger partial charge in [0.1, 0.15) is 17.5 Å². The lowest BCUT2D eigenvalue weighted by Gasteiger charge is -2.22. The fourth-order valence-corrected chi connectivity index (χ4v) is 1.56. The normalized spacial score (nSPS) is 12.6. The van der Waals surface area contributed by atoms with Gasteiger partial charge in [-0.15, -0.1) is 0 Å². The van der Waals surface area contributed by atoms with Crippen LogP contribution in [0, 0.1) is 15.9 Å². The van der Waals surface area contributed by atoms with Crippen LogP contribution in [-0.4, -0.2) is 23.2 Å². The van der Waals surface area contributed by atoms with Crippen molar-refractivity contribution in [3.63, 3.8) is 0 Å². The summed E-state index contributed by atoms with van der Waals surface area (Å²) < 4.78 is 18.2. The van der Waals surface area contributed by atoms with E-state index in [0.29, 0.717) is 5.56 Å². The van der Waals surface area contributed by atoms with E-state index in [1.165, 1.54) is 18.2 Å². The lowest BCUT2D eigenvalue weighted by molar-refractivity contribution is -0.484. The van der Waals surface area contributed by atoms with E-state index in [-0.39, 0.29) is 0 Å². The molecule has 20 heavy (non-hydrogen) atoms. The van der Waals surface area contributed by atoms with Crippen molar-refractivity contribution in [1.29, 1.82) is 0 Å². The molecule has 0 aliphatic carbocycles. The molecule has 1 aromatic rings. The summed E-state index contributed by atoms with van der Waals surface area (Å²) in [5, 5.41) is 13.0. The quantitative estimate of drug-likeness (QED) is 0.680. The zero-order valence-corrected chi connectivity index (χ0v) is 11.6. The summed E-state index contributed by atoms with van der Waals surface area (Å²) in [4.78, 5) is 21.7. The predicted octanol–water partition coefficient (Wildman–Crippen LogP) is 2.67. The van der Waals surface area contributed by atoms with Crippen molar-refractivity contribution in [2.24, 2.45) is 0 Å². The lowest BCUT2D eigenvalue weighted by atomic mass is 10.1. The number of nitrogens with one attached hydrogen (secondary N) is 1. The highest BCUT2D eigenvalue weighted by atomic mass is 19.1. The van der Waals surface area contributed by atoms with E-state index in [2.05, 4.69) is 5.32 Å². The van der Waals surface area contributed by atoms with Crippen molar-refractivity contribution in [2.75, 3.05) is 6.54 Å². The second-order valence-electron chi connectivity index (χ2n) is 5.27. The number of hydrogen-bond donors (Lipinski definition) is 1. The molecule has 0 saturated heterocycles. The zero-order valence-electron chi connectivity index (χ0n) is 11.6. The summed E-state index contributed by atoms with van der Waals surface area (Å²) in [5.74, 6) is -0.526. The molecule has 110 valence electrons. The summed E-state index contributed by atoms with van der Waals surface area (Å²) in [7, 11) is 0. The minimum atomic E-state index is -0.949. The van der Waals surface area contributed by atoms with Crippen molar-refractivity contribution in [3.05, 3.63) is 45.8 Å². The molecule has 0 aliphatic heterocycles. The van der Waals surface area contributed by atoms with Crippen molar-refractivity contribution >= 4 is 6.09 Å². The second kappa shape index (κ2) is 6.31. The number of carbonyl (C=O) groups is 1. The van der Waals surface area contributed by atoms with Crippen LogP contribution >= 0.6 is 0 Å². The van der Waals surface area contributed by atoms with E-state index in [1.807, 2.05) is 0 Å². The van der Waals surface area contributed by atoms with Gasteiger partial charge in [0.15, 0.2) is 0 Å². The number of carbonyl (C=O) groups excluding carboxylic acids is 1. The highest BCUT2D eigenvalue weighted by molar-refractivity contribution is 5.68. The first-order valence-corrected chi connectivity index (χ1v) is 6.04. The highest BCUT2D eigenvalue weighted by Crippen LogP contribution is 2.16. The molecule has 1 amide bonds. The average molecular weight is 284 g/mol. The van der Waals surface area contributed by atoms with Crippen molar-refractivity contribution < 1.29 is 18.8 Å². The van der Waals surface area contributed by atoms with Crippen molar-refractivity contribution in [3.8, 4) is 0 Å². The fraction of sp³-hybridized carbons (Fsp3) is 0.462. The van der Waals surface area contributed by atoms with Gasteiger partial charge in [0, 0.05) is 4.92 Å². The third-order valence-electron chi connectivity index (χ3n) is 2.27. The summed E-state index contributed by atoms with van der Waals surface area (Å²) in [6.07, 6.45) is -0.784. The van der Waals surface area contributed by atoms with Crippen LogP contribution in [0.1, 0.15) is 32.4 Å². The number of halogens is 1. The predicted molar refractivity (Wildman–Crippen MR) is 70.4 cm³/mol. The molecule has 1 unspecified atom stereocenters. The van der Waals surface area contributed by atoms with Crippen LogP contribution in [0.15, 0.2) is 24.3 Å². The number of hydrogen-bond acceptors (Lipinski definition) is 4. The highest BCUT2D eigenvalue weighted by Gasteiger charge is 2.24. The van der Waals surface area contributed by atoms with Crippen LogP contribution in [0.2, 0.25) is 0 Å². The van der Waals surface area contributed by atoms with E-state index >= 15 is 0 Å². The maximum atomic E-state index is 13.2. The number of nitrogens with zero attached hydrogens (tertiary/aromatic N) is 1. The molecule has 0 radical (unpaired) electrons. The average Bonchev–Trinajstić information content (AvgIpc) is 2.24. The number of alkyl carbamates (subject to hydrolysis) is 1. The second-order valence-corrected chi connectivity index (χ2v) is 5.27. The first kappa shape index (κ1) is 15.9. The van der Waals surface area contributed by atoms with Crippen LogP contribution in [0.3, 0.4) is 0 Å². The minimum Gasteiger partial charge on any atom is -0.444 e. The lowest BCUT2D eigenvalue weighted by Crippen LogP contribution is -2.37. The van der Waals surface area contributed by atoms with Crippen LogP contribution in [0.25, 0.3) is 0 Å². The fourth-order valence-electron chi connectivity index (χ4n) is 1.56. The maximum Gasteiger partial charge on any atom is 0.408 e. The van der Waals surface area contributed by atoms with Crippen LogP contribution in [-0.2, 0) is 4.74 Å². The van der Waals surface area contributed by atoms with Gasteiger partial charge in [0.25, 0.3) is 0 Å². The number of rotatable bonds is 4. The van der Waals surface area contributed by atoms with E-state index in [9.17, 15) is 19.3 Å². The number of amides is 1. The molecule has 7 heteroatoms. The van der Waals surface area contributed by atoms with Crippen molar-refractivity contribution in [1.82, 2.24) is 5.32 Å². The Balaban J connectivity index is 2.85. The van der Waals surface area contributed by atoms with Crippen molar-refractivity contribution in [2.45, 2.75) is 32.4 Å². The number of benzene rings is 1. The Labute approximate surface area is 116 Å². The Morgan fingerprint density at radius 2 is 2.15 bits per heavy atom. The first-order valence-electron chi connectivity index (χ1n) is 6.04. The molecule has 0 aliphatic rings. The van der Waals surface area contributed by atoms with Crippen LogP contribution in [0.4, 0.5) is 9.18 Å².